The predicted molar refractivity (Wildman–Crippen MR) is 268 cm³/mol. The average Bonchev–Trinajstić information content (AvgIpc) is 3.24. The van der Waals surface area contributed by atoms with Gasteiger partial charge >= 0.3 is 5.97 Å². The molecule has 0 amide bonds. The van der Waals surface area contributed by atoms with Crippen molar-refractivity contribution in [3.8, 4) is 0 Å². The molecule has 0 fully saturated rings. The fourth-order valence-electron chi connectivity index (χ4n) is 7.81. The second-order valence-electron chi connectivity index (χ2n) is 19.6. The molecule has 0 saturated heterocycles. The molecule has 0 aliphatic carbocycles. The lowest BCUT2D eigenvalue weighted by molar-refractivity contribution is -0.870. The summed E-state index contributed by atoms with van der Waals surface area (Å²) in [6, 6.07) is 0. The van der Waals surface area contributed by atoms with Crippen molar-refractivity contribution in [2.75, 3.05) is 54.1 Å². The Hall–Kier alpha value is -1.02. The van der Waals surface area contributed by atoms with E-state index in [1.807, 2.05) is 21.1 Å². The summed E-state index contributed by atoms with van der Waals surface area (Å²) >= 11 is 0. The number of ether oxygens (including phenoxy) is 2. The fraction of sp³-hybridized carbons (Fsp3) is 0.907. The lowest BCUT2D eigenvalue weighted by atomic mass is 10.0. The SMILES string of the molecule is CCCCC/C=C\C/C=C\CCCCCCCCCCCCOCC(COP(=O)([O-])OCC[N+](C)(C)C)OC(=O)CCCCCCCCCCCCCCCCCCCCCCC. The molecule has 0 N–H and O–H groups in total. The van der Waals surface area contributed by atoms with Crippen LogP contribution in [0.15, 0.2) is 24.3 Å². The second-order valence-corrected chi connectivity index (χ2v) is 21.0. The standard InChI is InChI=1S/C54H106NO7P/c1-6-8-10-12-14-16-18-20-22-24-26-28-29-31-33-35-37-39-41-43-45-47-54(56)62-53(52-61-63(57,58)60-50-48-55(3,4)5)51-59-49-46-44-42-40-38-36-34-32-30-27-25-23-21-19-17-15-13-11-9-7-2/h15,17,21,23,53H,6-14,16,18-20,22,24-52H2,1-5H3/b17-15-,23-21-. The first kappa shape index (κ1) is 62.0. The number of esters is 1. The topological polar surface area (TPSA) is 94.1 Å². The number of allylic oxidation sites excluding steroid dienone is 4. The van der Waals surface area contributed by atoms with Gasteiger partial charge < -0.3 is 27.9 Å². The zero-order valence-electron chi connectivity index (χ0n) is 42.5. The monoisotopic (exact) mass is 912 g/mol. The molecule has 63 heavy (non-hydrogen) atoms. The van der Waals surface area contributed by atoms with Gasteiger partial charge in [-0.1, -0.05) is 231 Å². The van der Waals surface area contributed by atoms with Gasteiger partial charge in [-0.2, -0.15) is 0 Å². The van der Waals surface area contributed by atoms with Gasteiger partial charge in [-0.05, 0) is 44.9 Å². The van der Waals surface area contributed by atoms with E-state index in [1.165, 1.54) is 199 Å². The Labute approximate surface area is 392 Å². The van der Waals surface area contributed by atoms with Gasteiger partial charge in [0, 0.05) is 13.0 Å². The van der Waals surface area contributed by atoms with E-state index in [2.05, 4.69) is 38.2 Å². The number of rotatable bonds is 51. The minimum Gasteiger partial charge on any atom is -0.756 e. The maximum atomic E-state index is 12.8. The van der Waals surface area contributed by atoms with Crippen LogP contribution in [-0.4, -0.2) is 70.7 Å². The Kier molecular flexibility index (Phi) is 46.7. The van der Waals surface area contributed by atoms with Crippen molar-refractivity contribution in [1.29, 1.82) is 0 Å². The molecule has 9 heteroatoms. The summed E-state index contributed by atoms with van der Waals surface area (Å²) < 4.78 is 34.8. The first-order valence-corrected chi connectivity index (χ1v) is 28.5. The van der Waals surface area contributed by atoms with Crippen LogP contribution in [-0.2, 0) is 27.9 Å². The van der Waals surface area contributed by atoms with Crippen LogP contribution in [0.4, 0.5) is 0 Å². The second kappa shape index (κ2) is 47.5. The highest BCUT2D eigenvalue weighted by Gasteiger charge is 2.20. The summed E-state index contributed by atoms with van der Waals surface area (Å²) in [6.07, 6.45) is 56.3. The molecule has 0 spiro atoms. The average molecular weight is 912 g/mol. The highest BCUT2D eigenvalue weighted by molar-refractivity contribution is 7.45. The Morgan fingerprint density at radius 1 is 0.492 bits per heavy atom. The summed E-state index contributed by atoms with van der Waals surface area (Å²) in [4.78, 5) is 25.2. The zero-order valence-corrected chi connectivity index (χ0v) is 43.4. The lowest BCUT2D eigenvalue weighted by Crippen LogP contribution is -2.37. The molecule has 2 atom stereocenters. The molecule has 2 unspecified atom stereocenters. The first-order valence-electron chi connectivity index (χ1n) is 27.1. The van der Waals surface area contributed by atoms with Gasteiger partial charge in [0.15, 0.2) is 0 Å². The molecule has 8 nitrogen and oxygen atoms in total. The van der Waals surface area contributed by atoms with Gasteiger partial charge in [0.2, 0.25) is 0 Å². The third kappa shape index (κ3) is 51.8. The molecule has 0 radical (unpaired) electrons. The number of likely N-dealkylation sites (N-methyl/N-ethyl adjacent to an activating group) is 1. The van der Waals surface area contributed by atoms with E-state index in [-0.39, 0.29) is 25.8 Å². The molecule has 0 heterocycles. The van der Waals surface area contributed by atoms with Gasteiger partial charge in [0.25, 0.3) is 7.82 Å². The number of hydrogen-bond acceptors (Lipinski definition) is 7. The number of carbonyl (C=O) groups excluding carboxylic acids is 1. The minimum absolute atomic E-state index is 0.0281. The number of nitrogens with zero attached hydrogens (tertiary/aromatic N) is 1. The quantitative estimate of drug-likeness (QED) is 0.0197. The van der Waals surface area contributed by atoms with Crippen LogP contribution in [0.25, 0.3) is 0 Å². The van der Waals surface area contributed by atoms with Crippen LogP contribution in [0, 0.1) is 0 Å². The van der Waals surface area contributed by atoms with E-state index in [4.69, 9.17) is 18.5 Å². The molecule has 374 valence electrons. The van der Waals surface area contributed by atoms with Gasteiger partial charge in [0.1, 0.15) is 19.3 Å². The number of phosphoric ester groups is 1. The van der Waals surface area contributed by atoms with Crippen molar-refractivity contribution in [2.45, 2.75) is 264 Å². The van der Waals surface area contributed by atoms with Gasteiger partial charge in [-0.25, -0.2) is 0 Å². The van der Waals surface area contributed by atoms with E-state index in [0.29, 0.717) is 24.1 Å². The fourth-order valence-corrected chi connectivity index (χ4v) is 8.54. The van der Waals surface area contributed by atoms with Crippen molar-refractivity contribution in [3.05, 3.63) is 24.3 Å². The predicted octanol–water partition coefficient (Wildman–Crippen LogP) is 16.1. The largest absolute Gasteiger partial charge is 0.756 e. The van der Waals surface area contributed by atoms with Crippen LogP contribution in [0.3, 0.4) is 0 Å². The third-order valence-electron chi connectivity index (χ3n) is 12.0. The van der Waals surface area contributed by atoms with Crippen molar-refractivity contribution in [2.24, 2.45) is 0 Å². The summed E-state index contributed by atoms with van der Waals surface area (Å²) in [7, 11) is 1.37. The summed E-state index contributed by atoms with van der Waals surface area (Å²) in [5, 5.41) is 0. The molecule has 0 aromatic heterocycles. The Bertz CT molecular complexity index is 1060. The number of carbonyl (C=O) groups is 1. The molecule has 0 aliphatic rings. The zero-order chi connectivity index (χ0) is 46.2. The number of hydrogen-bond donors (Lipinski definition) is 0. The molecule has 0 aliphatic heterocycles. The van der Waals surface area contributed by atoms with E-state index in [9.17, 15) is 14.3 Å². The number of unbranched alkanes of at least 4 members (excludes halogenated alkanes) is 33. The van der Waals surface area contributed by atoms with Gasteiger partial charge in [-0.15, -0.1) is 0 Å². The molecule has 0 rings (SSSR count). The molecule has 0 saturated carbocycles. The highest BCUT2D eigenvalue weighted by atomic mass is 31.2. The van der Waals surface area contributed by atoms with Crippen molar-refractivity contribution >= 4 is 13.8 Å². The molecule has 0 bridgehead atoms. The summed E-state index contributed by atoms with van der Waals surface area (Å²) in [5.74, 6) is -0.329. The van der Waals surface area contributed by atoms with E-state index in [1.54, 1.807) is 0 Å². The number of quaternary nitrogens is 1. The maximum Gasteiger partial charge on any atom is 0.306 e. The Balaban J connectivity index is 4.08. The van der Waals surface area contributed by atoms with Crippen LogP contribution < -0.4 is 4.89 Å². The molecular weight excluding hydrogens is 806 g/mol. The lowest BCUT2D eigenvalue weighted by Gasteiger charge is -2.28. The van der Waals surface area contributed by atoms with Crippen LogP contribution >= 0.6 is 7.82 Å². The van der Waals surface area contributed by atoms with Gasteiger partial charge in [0.05, 0.1) is 34.4 Å². The van der Waals surface area contributed by atoms with Crippen molar-refractivity contribution < 1.29 is 37.3 Å². The van der Waals surface area contributed by atoms with Crippen molar-refractivity contribution in [3.63, 3.8) is 0 Å². The van der Waals surface area contributed by atoms with E-state index in [0.717, 1.165) is 38.5 Å². The van der Waals surface area contributed by atoms with Crippen LogP contribution in [0.2, 0.25) is 0 Å². The highest BCUT2D eigenvalue weighted by Crippen LogP contribution is 2.38. The van der Waals surface area contributed by atoms with Crippen molar-refractivity contribution in [1.82, 2.24) is 0 Å². The first-order chi connectivity index (χ1) is 30.6. The molecular formula is C54H106NO7P. The minimum atomic E-state index is -4.53. The Morgan fingerprint density at radius 2 is 0.873 bits per heavy atom. The Morgan fingerprint density at radius 3 is 1.32 bits per heavy atom. The van der Waals surface area contributed by atoms with E-state index < -0.39 is 13.9 Å². The molecule has 0 aromatic carbocycles. The van der Waals surface area contributed by atoms with Crippen LogP contribution in [0.5, 0.6) is 0 Å². The summed E-state index contributed by atoms with van der Waals surface area (Å²) in [5.41, 5.74) is 0. The van der Waals surface area contributed by atoms with E-state index >= 15 is 0 Å². The number of phosphoric acid groups is 1. The molecule has 0 aromatic rings. The third-order valence-corrected chi connectivity index (χ3v) is 13.0. The van der Waals surface area contributed by atoms with Gasteiger partial charge in [-0.3, -0.25) is 9.36 Å². The van der Waals surface area contributed by atoms with Crippen LogP contribution in [0.1, 0.15) is 258 Å². The smallest absolute Gasteiger partial charge is 0.306 e. The normalized spacial score (nSPS) is 13.7. The summed E-state index contributed by atoms with van der Waals surface area (Å²) in [6.45, 7) is 5.44. The maximum absolute atomic E-state index is 12.8.